The van der Waals surface area contributed by atoms with Gasteiger partial charge in [0.25, 0.3) is 0 Å². The van der Waals surface area contributed by atoms with E-state index in [4.69, 9.17) is 9.15 Å². The Hall–Kier alpha value is -3.26. The molecular formula is C23H25FN4O3. The van der Waals surface area contributed by atoms with Crippen LogP contribution in [0.25, 0.3) is 11.5 Å². The first-order valence-electron chi connectivity index (χ1n) is 10.2. The van der Waals surface area contributed by atoms with Crippen LogP contribution in [0.5, 0.6) is 5.75 Å². The highest BCUT2D eigenvalue weighted by atomic mass is 19.1. The molecule has 1 aliphatic rings. The Balaban J connectivity index is 1.57. The topological polar surface area (TPSA) is 80.5 Å². The molecule has 1 N–H and O–H groups in total. The Morgan fingerprint density at radius 3 is 2.90 bits per heavy atom. The molecule has 1 saturated heterocycles. The third-order valence-corrected chi connectivity index (χ3v) is 5.36. The third-order valence-electron chi connectivity index (χ3n) is 5.36. The summed E-state index contributed by atoms with van der Waals surface area (Å²) in [4.78, 5) is 22.6. The maximum Gasteiger partial charge on any atom is 0.229 e. The maximum absolute atomic E-state index is 14.4. The average Bonchev–Trinajstić information content (AvgIpc) is 3.34. The summed E-state index contributed by atoms with van der Waals surface area (Å²) < 4.78 is 25.4. The van der Waals surface area contributed by atoms with Gasteiger partial charge in [-0.2, -0.15) is 0 Å². The standard InChI is InChI=1S/C23H25FN4O3/c1-15-21(27-23(31-15)19-10-18(30-2)6-7-20(19)24)14-28(12-16-4-3-9-25-11-16)13-17-5-8-22(29)26-17/h3-4,6-7,9-11,17H,5,8,12-14H2,1-2H3,(H,26,29)/t17-/m0/s1. The predicted molar refractivity (Wildman–Crippen MR) is 113 cm³/mol. The van der Waals surface area contributed by atoms with Gasteiger partial charge >= 0.3 is 0 Å². The molecule has 3 aromatic rings. The Morgan fingerprint density at radius 2 is 2.19 bits per heavy atom. The van der Waals surface area contributed by atoms with Gasteiger partial charge in [-0.15, -0.1) is 0 Å². The number of halogens is 1. The number of hydrogen-bond acceptors (Lipinski definition) is 6. The number of amides is 1. The zero-order valence-corrected chi connectivity index (χ0v) is 17.6. The van der Waals surface area contributed by atoms with Crippen molar-refractivity contribution in [2.24, 2.45) is 0 Å². The van der Waals surface area contributed by atoms with Gasteiger partial charge in [0.2, 0.25) is 11.8 Å². The third kappa shape index (κ3) is 5.08. The zero-order valence-electron chi connectivity index (χ0n) is 17.6. The smallest absolute Gasteiger partial charge is 0.229 e. The fourth-order valence-corrected chi connectivity index (χ4v) is 3.76. The number of carbonyl (C=O) groups excluding carboxylic acids is 1. The molecule has 0 saturated carbocycles. The van der Waals surface area contributed by atoms with Crippen LogP contribution in [0.1, 0.15) is 29.9 Å². The fraction of sp³-hybridized carbons (Fsp3) is 0.348. The van der Waals surface area contributed by atoms with E-state index < -0.39 is 5.82 Å². The number of oxazole rings is 1. The van der Waals surface area contributed by atoms with Crippen molar-refractivity contribution in [1.82, 2.24) is 20.2 Å². The highest BCUT2D eigenvalue weighted by Gasteiger charge is 2.25. The number of methoxy groups -OCH3 is 1. The minimum atomic E-state index is -0.422. The molecule has 7 nitrogen and oxygen atoms in total. The van der Waals surface area contributed by atoms with Crippen LogP contribution in [0.2, 0.25) is 0 Å². The number of hydrogen-bond donors (Lipinski definition) is 1. The van der Waals surface area contributed by atoms with E-state index in [0.29, 0.717) is 37.6 Å². The second kappa shape index (κ2) is 9.26. The lowest BCUT2D eigenvalue weighted by Crippen LogP contribution is -2.38. The molecule has 162 valence electrons. The van der Waals surface area contributed by atoms with E-state index >= 15 is 0 Å². The Morgan fingerprint density at radius 1 is 1.32 bits per heavy atom. The van der Waals surface area contributed by atoms with Crippen molar-refractivity contribution in [3.63, 3.8) is 0 Å². The van der Waals surface area contributed by atoms with E-state index in [0.717, 1.165) is 17.7 Å². The molecule has 0 aliphatic carbocycles. The Kier molecular flexibility index (Phi) is 6.27. The predicted octanol–water partition coefficient (Wildman–Crippen LogP) is 3.47. The van der Waals surface area contributed by atoms with E-state index in [2.05, 4.69) is 20.2 Å². The number of ether oxygens (including phenoxy) is 1. The number of aromatic nitrogens is 2. The normalized spacial score (nSPS) is 16.0. The molecule has 1 amide bonds. The SMILES string of the molecule is COc1ccc(F)c(-c2nc(CN(Cc3cccnc3)C[C@@H]3CCC(=O)N3)c(C)o2)c1. The highest BCUT2D eigenvalue weighted by molar-refractivity contribution is 5.78. The number of rotatable bonds is 8. The summed E-state index contributed by atoms with van der Waals surface area (Å²) in [5.74, 6) is 1.04. The molecule has 1 atom stereocenters. The monoisotopic (exact) mass is 424 g/mol. The molecule has 0 bridgehead atoms. The summed E-state index contributed by atoms with van der Waals surface area (Å²) in [6.45, 7) is 3.65. The van der Waals surface area contributed by atoms with Crippen LogP contribution in [0.4, 0.5) is 4.39 Å². The summed E-state index contributed by atoms with van der Waals surface area (Å²) in [6, 6.07) is 8.47. The van der Waals surface area contributed by atoms with Gasteiger partial charge in [0.1, 0.15) is 17.3 Å². The van der Waals surface area contributed by atoms with Gasteiger partial charge in [0, 0.05) is 44.5 Å². The van der Waals surface area contributed by atoms with Crippen molar-refractivity contribution in [1.29, 1.82) is 0 Å². The van der Waals surface area contributed by atoms with Crippen LogP contribution in [-0.4, -0.2) is 40.5 Å². The molecule has 4 rings (SSSR count). The van der Waals surface area contributed by atoms with Gasteiger partial charge in [-0.25, -0.2) is 9.37 Å². The van der Waals surface area contributed by atoms with E-state index in [9.17, 15) is 9.18 Å². The molecule has 8 heteroatoms. The molecule has 1 aliphatic heterocycles. The first-order valence-corrected chi connectivity index (χ1v) is 10.2. The first-order chi connectivity index (χ1) is 15.0. The minimum Gasteiger partial charge on any atom is -0.497 e. The first kappa shape index (κ1) is 21.0. The van der Waals surface area contributed by atoms with Crippen molar-refractivity contribution >= 4 is 5.91 Å². The quantitative estimate of drug-likeness (QED) is 0.596. The second-order valence-corrected chi connectivity index (χ2v) is 7.70. The van der Waals surface area contributed by atoms with Crippen LogP contribution in [0.15, 0.2) is 47.1 Å². The molecule has 31 heavy (non-hydrogen) atoms. The number of nitrogens with zero attached hydrogens (tertiary/aromatic N) is 3. The van der Waals surface area contributed by atoms with Crippen LogP contribution in [0.3, 0.4) is 0 Å². The fourth-order valence-electron chi connectivity index (χ4n) is 3.76. The highest BCUT2D eigenvalue weighted by Crippen LogP contribution is 2.28. The van der Waals surface area contributed by atoms with Crippen molar-refractivity contribution in [3.8, 4) is 17.2 Å². The maximum atomic E-state index is 14.4. The van der Waals surface area contributed by atoms with Crippen molar-refractivity contribution in [2.75, 3.05) is 13.7 Å². The van der Waals surface area contributed by atoms with Crippen molar-refractivity contribution in [3.05, 3.63) is 65.6 Å². The number of carbonyl (C=O) groups is 1. The zero-order chi connectivity index (χ0) is 21.8. The summed E-state index contributed by atoms with van der Waals surface area (Å²) in [5, 5.41) is 3.02. The Labute approximate surface area is 180 Å². The average molecular weight is 424 g/mol. The van der Waals surface area contributed by atoms with Crippen molar-refractivity contribution < 1.29 is 18.3 Å². The van der Waals surface area contributed by atoms with E-state index in [1.807, 2.05) is 25.3 Å². The van der Waals surface area contributed by atoms with Crippen LogP contribution < -0.4 is 10.1 Å². The molecular weight excluding hydrogens is 399 g/mol. The summed E-state index contributed by atoms with van der Waals surface area (Å²) in [7, 11) is 1.53. The second-order valence-electron chi connectivity index (χ2n) is 7.70. The van der Waals surface area contributed by atoms with Crippen molar-refractivity contribution in [2.45, 2.75) is 38.9 Å². The van der Waals surface area contributed by atoms with Crippen LogP contribution in [0, 0.1) is 12.7 Å². The molecule has 1 fully saturated rings. The molecule has 0 radical (unpaired) electrons. The van der Waals surface area contributed by atoms with E-state index in [1.165, 1.54) is 13.2 Å². The van der Waals surface area contributed by atoms with Gasteiger partial charge in [0.15, 0.2) is 0 Å². The Bertz CT molecular complexity index is 1050. The molecule has 2 aromatic heterocycles. The van der Waals surface area contributed by atoms with Gasteiger partial charge in [-0.1, -0.05) is 6.07 Å². The minimum absolute atomic E-state index is 0.0831. The summed E-state index contributed by atoms with van der Waals surface area (Å²) in [6.07, 6.45) is 4.92. The summed E-state index contributed by atoms with van der Waals surface area (Å²) in [5.41, 5.74) is 2.05. The van der Waals surface area contributed by atoms with E-state index in [-0.39, 0.29) is 23.4 Å². The largest absolute Gasteiger partial charge is 0.497 e. The summed E-state index contributed by atoms with van der Waals surface area (Å²) >= 11 is 0. The number of aryl methyl sites for hydroxylation is 1. The molecule has 1 aromatic carbocycles. The number of benzene rings is 1. The van der Waals surface area contributed by atoms with Gasteiger partial charge in [0.05, 0.1) is 18.4 Å². The van der Waals surface area contributed by atoms with Crippen LogP contribution >= 0.6 is 0 Å². The van der Waals surface area contributed by atoms with Crippen LogP contribution in [-0.2, 0) is 17.9 Å². The lowest BCUT2D eigenvalue weighted by atomic mass is 10.2. The van der Waals surface area contributed by atoms with Gasteiger partial charge in [-0.3, -0.25) is 14.7 Å². The van der Waals surface area contributed by atoms with Gasteiger partial charge in [-0.05, 0) is 43.2 Å². The number of nitrogens with one attached hydrogen (secondary N) is 1. The molecule has 0 spiro atoms. The van der Waals surface area contributed by atoms with E-state index in [1.54, 1.807) is 18.3 Å². The number of pyridine rings is 1. The lowest BCUT2D eigenvalue weighted by molar-refractivity contribution is -0.119. The van der Waals surface area contributed by atoms with Gasteiger partial charge < -0.3 is 14.5 Å². The lowest BCUT2D eigenvalue weighted by Gasteiger charge is -2.24. The molecule has 0 unspecified atom stereocenters. The molecule has 3 heterocycles.